The molecular formula is C22H24N4O2. The monoisotopic (exact) mass is 376 g/mol. The lowest BCUT2D eigenvalue weighted by Crippen LogP contribution is -2.27. The second kappa shape index (κ2) is 7.02. The molecule has 0 radical (unpaired) electrons. The van der Waals surface area contributed by atoms with Gasteiger partial charge in [0.15, 0.2) is 0 Å². The number of hydrogen-bond donors (Lipinski definition) is 0. The maximum absolute atomic E-state index is 6.29. The van der Waals surface area contributed by atoms with Gasteiger partial charge in [-0.15, -0.1) is 0 Å². The zero-order valence-corrected chi connectivity index (χ0v) is 16.3. The second-order valence-corrected chi connectivity index (χ2v) is 7.70. The number of aliphatic imine (C=N–C) groups is 1. The molecule has 1 aromatic carbocycles. The molecule has 4 heterocycles. The second-order valence-electron chi connectivity index (χ2n) is 7.70. The SMILES string of the molecule is CC(C)n1ncc2ccc(C3=NCc4ccnc(OC5CCOCC5)c43)cc21. The molecule has 0 spiro atoms. The first-order chi connectivity index (χ1) is 13.7. The molecule has 2 aromatic heterocycles. The van der Waals surface area contributed by atoms with E-state index in [2.05, 4.69) is 46.8 Å². The maximum atomic E-state index is 6.29. The van der Waals surface area contributed by atoms with Crippen molar-refractivity contribution in [1.82, 2.24) is 14.8 Å². The largest absolute Gasteiger partial charge is 0.474 e. The van der Waals surface area contributed by atoms with Crippen LogP contribution in [0.4, 0.5) is 0 Å². The summed E-state index contributed by atoms with van der Waals surface area (Å²) in [6, 6.07) is 8.76. The van der Waals surface area contributed by atoms with Gasteiger partial charge >= 0.3 is 0 Å². The third-order valence-corrected chi connectivity index (χ3v) is 5.45. The molecule has 28 heavy (non-hydrogen) atoms. The number of benzene rings is 1. The number of nitrogens with zero attached hydrogens (tertiary/aromatic N) is 4. The van der Waals surface area contributed by atoms with Crippen LogP contribution in [0.2, 0.25) is 0 Å². The number of ether oxygens (including phenoxy) is 2. The smallest absolute Gasteiger partial charge is 0.223 e. The van der Waals surface area contributed by atoms with Crippen LogP contribution in [0.15, 0.2) is 41.7 Å². The van der Waals surface area contributed by atoms with Crippen LogP contribution in [0.3, 0.4) is 0 Å². The summed E-state index contributed by atoms with van der Waals surface area (Å²) in [5.74, 6) is 0.693. The summed E-state index contributed by atoms with van der Waals surface area (Å²) >= 11 is 0. The summed E-state index contributed by atoms with van der Waals surface area (Å²) in [7, 11) is 0. The van der Waals surface area contributed by atoms with E-state index in [4.69, 9.17) is 14.5 Å². The number of fused-ring (bicyclic) bond motifs is 2. The van der Waals surface area contributed by atoms with Gasteiger partial charge in [0.05, 0.1) is 42.7 Å². The van der Waals surface area contributed by atoms with Crippen molar-refractivity contribution in [2.24, 2.45) is 4.99 Å². The molecule has 0 atom stereocenters. The van der Waals surface area contributed by atoms with Crippen molar-refractivity contribution >= 4 is 16.6 Å². The molecule has 144 valence electrons. The summed E-state index contributed by atoms with van der Waals surface area (Å²) in [6.45, 7) is 6.45. The lowest BCUT2D eigenvalue weighted by Gasteiger charge is -2.24. The highest BCUT2D eigenvalue weighted by molar-refractivity contribution is 6.17. The van der Waals surface area contributed by atoms with Crippen LogP contribution in [0, 0.1) is 0 Å². The Balaban J connectivity index is 1.54. The molecule has 1 saturated heterocycles. The van der Waals surface area contributed by atoms with E-state index in [0.717, 1.165) is 53.8 Å². The average molecular weight is 376 g/mol. The third-order valence-electron chi connectivity index (χ3n) is 5.45. The van der Waals surface area contributed by atoms with Gasteiger partial charge in [0.1, 0.15) is 6.10 Å². The van der Waals surface area contributed by atoms with Gasteiger partial charge in [0.2, 0.25) is 5.88 Å². The predicted molar refractivity (Wildman–Crippen MR) is 108 cm³/mol. The number of aromatic nitrogens is 3. The van der Waals surface area contributed by atoms with E-state index in [9.17, 15) is 0 Å². The minimum atomic E-state index is 0.152. The van der Waals surface area contributed by atoms with Gasteiger partial charge < -0.3 is 9.47 Å². The molecule has 3 aromatic rings. The Morgan fingerprint density at radius 3 is 2.86 bits per heavy atom. The summed E-state index contributed by atoms with van der Waals surface area (Å²) < 4.78 is 13.8. The highest BCUT2D eigenvalue weighted by Crippen LogP contribution is 2.32. The minimum absolute atomic E-state index is 0.152. The van der Waals surface area contributed by atoms with Crippen LogP contribution in [-0.4, -0.2) is 39.8 Å². The lowest BCUT2D eigenvalue weighted by molar-refractivity contribution is 0.0236. The normalized spacial score (nSPS) is 17.2. The van der Waals surface area contributed by atoms with Crippen LogP contribution >= 0.6 is 0 Å². The first kappa shape index (κ1) is 17.4. The molecular weight excluding hydrogens is 352 g/mol. The molecule has 2 aliphatic rings. The zero-order valence-electron chi connectivity index (χ0n) is 16.3. The molecule has 0 saturated carbocycles. The van der Waals surface area contributed by atoms with Crippen molar-refractivity contribution in [1.29, 1.82) is 0 Å². The van der Waals surface area contributed by atoms with Gasteiger partial charge in [-0.05, 0) is 31.5 Å². The van der Waals surface area contributed by atoms with E-state index in [1.165, 1.54) is 5.56 Å². The number of pyridine rings is 1. The van der Waals surface area contributed by atoms with Crippen molar-refractivity contribution in [2.45, 2.75) is 45.4 Å². The van der Waals surface area contributed by atoms with E-state index in [0.29, 0.717) is 18.5 Å². The van der Waals surface area contributed by atoms with Gasteiger partial charge in [-0.1, -0.05) is 12.1 Å². The minimum Gasteiger partial charge on any atom is -0.474 e. The standard InChI is InChI=1S/C22H24N4O2/c1-14(2)26-19-11-15(3-4-16(19)13-25-26)21-20-17(12-24-21)5-8-23-22(20)28-18-6-9-27-10-7-18/h3-5,8,11,13-14,18H,6-7,9-10,12H2,1-2H3. The average Bonchev–Trinajstić information content (AvgIpc) is 3.33. The molecule has 2 aliphatic heterocycles. The van der Waals surface area contributed by atoms with Crippen molar-refractivity contribution in [3.05, 3.63) is 53.3 Å². The summed E-state index contributed by atoms with van der Waals surface area (Å²) in [4.78, 5) is 9.39. The first-order valence-electron chi connectivity index (χ1n) is 9.95. The number of rotatable bonds is 4. The molecule has 0 N–H and O–H groups in total. The molecule has 0 amide bonds. The fraction of sp³-hybridized carbons (Fsp3) is 0.409. The summed E-state index contributed by atoms with van der Waals surface area (Å²) in [5.41, 5.74) is 5.37. The maximum Gasteiger partial charge on any atom is 0.223 e. The Morgan fingerprint density at radius 1 is 1.18 bits per heavy atom. The Kier molecular flexibility index (Phi) is 4.36. The fourth-order valence-electron chi connectivity index (χ4n) is 3.98. The van der Waals surface area contributed by atoms with Crippen LogP contribution in [-0.2, 0) is 11.3 Å². The highest BCUT2D eigenvalue weighted by Gasteiger charge is 2.26. The first-order valence-corrected chi connectivity index (χ1v) is 9.95. The van der Waals surface area contributed by atoms with E-state index in [1.54, 1.807) is 0 Å². The zero-order chi connectivity index (χ0) is 19.1. The van der Waals surface area contributed by atoms with Gasteiger partial charge in [0.25, 0.3) is 0 Å². The highest BCUT2D eigenvalue weighted by atomic mass is 16.5. The molecule has 1 fully saturated rings. The topological polar surface area (TPSA) is 61.5 Å². The Bertz CT molecular complexity index is 1050. The summed E-state index contributed by atoms with van der Waals surface area (Å²) in [5, 5.41) is 5.67. The van der Waals surface area contributed by atoms with Crippen LogP contribution in [0.25, 0.3) is 10.9 Å². The molecule has 0 bridgehead atoms. The van der Waals surface area contributed by atoms with E-state index < -0.39 is 0 Å². The molecule has 5 rings (SSSR count). The van der Waals surface area contributed by atoms with Crippen LogP contribution in [0.1, 0.15) is 49.4 Å². The van der Waals surface area contributed by atoms with E-state index >= 15 is 0 Å². The predicted octanol–water partition coefficient (Wildman–Crippen LogP) is 3.92. The van der Waals surface area contributed by atoms with Crippen molar-refractivity contribution in [2.75, 3.05) is 13.2 Å². The number of hydrogen-bond acceptors (Lipinski definition) is 5. The van der Waals surface area contributed by atoms with Gasteiger partial charge in [-0.3, -0.25) is 9.67 Å². The molecule has 0 unspecified atom stereocenters. The van der Waals surface area contributed by atoms with E-state index in [-0.39, 0.29) is 6.10 Å². The van der Waals surface area contributed by atoms with Crippen molar-refractivity contribution < 1.29 is 9.47 Å². The Morgan fingerprint density at radius 2 is 2.04 bits per heavy atom. The third kappa shape index (κ3) is 2.98. The molecule has 6 heteroatoms. The lowest BCUT2D eigenvalue weighted by atomic mass is 10.0. The van der Waals surface area contributed by atoms with Crippen LogP contribution < -0.4 is 4.74 Å². The van der Waals surface area contributed by atoms with Gasteiger partial charge in [-0.2, -0.15) is 5.10 Å². The quantitative estimate of drug-likeness (QED) is 0.692. The molecule has 6 nitrogen and oxygen atoms in total. The fourth-order valence-corrected chi connectivity index (χ4v) is 3.98. The van der Waals surface area contributed by atoms with Crippen molar-refractivity contribution in [3.63, 3.8) is 0 Å². The van der Waals surface area contributed by atoms with Gasteiger partial charge in [0, 0.05) is 36.0 Å². The van der Waals surface area contributed by atoms with E-state index in [1.807, 2.05) is 18.5 Å². The Hall–Kier alpha value is -2.73. The Labute approximate surface area is 164 Å². The van der Waals surface area contributed by atoms with Crippen LogP contribution in [0.5, 0.6) is 5.88 Å². The summed E-state index contributed by atoms with van der Waals surface area (Å²) in [6.07, 6.45) is 5.70. The van der Waals surface area contributed by atoms with Gasteiger partial charge in [-0.25, -0.2) is 4.98 Å². The van der Waals surface area contributed by atoms with Crippen molar-refractivity contribution in [3.8, 4) is 5.88 Å². The molecule has 0 aliphatic carbocycles.